The number of nitrogens with zero attached hydrogens (tertiary/aromatic N) is 4. The van der Waals surface area contributed by atoms with Gasteiger partial charge in [-0.05, 0) is 88.2 Å². The third-order valence-corrected chi connectivity index (χ3v) is 12.9. The molecule has 0 N–H and O–H groups in total. The van der Waals surface area contributed by atoms with Gasteiger partial charge in [0, 0.05) is 55.3 Å². The Bertz CT molecular complexity index is 3080. The monoisotopic (exact) mass is 1010 g/mol. The summed E-state index contributed by atoms with van der Waals surface area (Å²) in [6, 6.07) is 69.2. The smallest absolute Gasteiger partial charge is 0.135 e. The zero-order valence-corrected chi connectivity index (χ0v) is 39.9. The average molecular weight is 1010 g/mol. The minimum Gasteiger partial charge on any atom is -0.493 e. The van der Waals surface area contributed by atoms with Crippen molar-refractivity contribution in [1.29, 1.82) is 0 Å². The van der Waals surface area contributed by atoms with Crippen LogP contribution in [-0.4, -0.2) is 9.55 Å². The van der Waals surface area contributed by atoms with Gasteiger partial charge in [-0.15, -0.1) is 23.8 Å². The summed E-state index contributed by atoms with van der Waals surface area (Å²) < 4.78 is 2.30. The molecule has 0 saturated heterocycles. The Labute approximate surface area is 393 Å². The van der Waals surface area contributed by atoms with Crippen LogP contribution < -0.4 is 9.80 Å². The molecule has 322 valence electrons. The van der Waals surface area contributed by atoms with Crippen LogP contribution in [0, 0.1) is 18.8 Å². The van der Waals surface area contributed by atoms with Gasteiger partial charge in [0.1, 0.15) is 5.82 Å². The number of aromatic nitrogens is 2. The molecule has 1 aliphatic rings. The SMILES string of the molecule is CC(C)(C)c1cc(Cc2[c-]c3c(cc2)c2ccccc2n3-c2cc(C(C)(c3ccccc3)c3ccccc3)ccn2)[c-]c(N2[CH-]N(c3ccccc3C(C)(C)C)c3ccccc32)c1.[Pt]. The van der Waals surface area contributed by atoms with Crippen LogP contribution in [-0.2, 0) is 43.7 Å². The minimum absolute atomic E-state index is 0. The van der Waals surface area contributed by atoms with E-state index in [1.165, 1.54) is 38.9 Å². The number of hydrogen-bond donors (Lipinski definition) is 0. The van der Waals surface area contributed by atoms with Crippen LogP contribution >= 0.6 is 0 Å². The van der Waals surface area contributed by atoms with E-state index in [0.717, 1.165) is 50.4 Å². The number of fused-ring (bicyclic) bond motifs is 4. The van der Waals surface area contributed by atoms with Gasteiger partial charge in [0.15, 0.2) is 0 Å². The molecule has 0 aliphatic carbocycles. The molecule has 10 rings (SSSR count). The van der Waals surface area contributed by atoms with Gasteiger partial charge in [-0.3, -0.25) is 0 Å². The van der Waals surface area contributed by atoms with Crippen molar-refractivity contribution in [3.63, 3.8) is 0 Å². The number of rotatable bonds is 8. The van der Waals surface area contributed by atoms with E-state index in [2.05, 4.69) is 251 Å². The van der Waals surface area contributed by atoms with Gasteiger partial charge in [-0.25, -0.2) is 4.98 Å². The Kier molecular flexibility index (Phi) is 11.2. The van der Waals surface area contributed by atoms with Crippen LogP contribution in [0.4, 0.5) is 22.7 Å². The molecule has 4 nitrogen and oxygen atoms in total. The molecule has 0 radical (unpaired) electrons. The topological polar surface area (TPSA) is 24.3 Å². The molecular weight excluding hydrogens is 960 g/mol. The second-order valence-corrected chi connectivity index (χ2v) is 19.2. The van der Waals surface area contributed by atoms with Crippen molar-refractivity contribution in [1.82, 2.24) is 9.55 Å². The first-order valence-corrected chi connectivity index (χ1v) is 22.1. The standard InChI is InChI=1S/C59H53N4.Pt/c1-57(2,3)46-35-42(36-47(38-46)61-40-62(54-29-19-18-28-53(54)61)52-27-17-15-25-50(52)58(4,5)6)34-41-30-31-49-48-24-14-16-26-51(48)63(55(49)37-41)56-39-45(32-33-60-56)59(7,43-20-10-8-11-21-43)44-22-12-9-13-23-44;/h8-33,35,38-40H,34H2,1-7H3;/q-3;. The summed E-state index contributed by atoms with van der Waals surface area (Å²) in [5.74, 6) is 0.870. The summed E-state index contributed by atoms with van der Waals surface area (Å²) in [6.07, 6.45) is 2.64. The Morgan fingerprint density at radius 2 is 1.11 bits per heavy atom. The average Bonchev–Trinajstić information content (AvgIpc) is 3.85. The maximum Gasteiger partial charge on any atom is 0.135 e. The van der Waals surface area contributed by atoms with E-state index >= 15 is 0 Å². The molecule has 0 unspecified atom stereocenters. The van der Waals surface area contributed by atoms with E-state index in [-0.39, 0.29) is 31.9 Å². The van der Waals surface area contributed by atoms with Gasteiger partial charge < -0.3 is 14.4 Å². The third-order valence-electron chi connectivity index (χ3n) is 12.9. The van der Waals surface area contributed by atoms with E-state index in [1.54, 1.807) is 0 Å². The summed E-state index contributed by atoms with van der Waals surface area (Å²) in [4.78, 5) is 9.74. The molecule has 2 aromatic heterocycles. The molecule has 0 saturated carbocycles. The fraction of sp³-hybridized carbons (Fsp3) is 0.186. The van der Waals surface area contributed by atoms with Gasteiger partial charge >= 0.3 is 0 Å². The largest absolute Gasteiger partial charge is 0.493 e. The van der Waals surface area contributed by atoms with Gasteiger partial charge in [-0.1, -0.05) is 156 Å². The molecule has 0 spiro atoms. The predicted molar refractivity (Wildman–Crippen MR) is 263 cm³/mol. The van der Waals surface area contributed by atoms with Crippen molar-refractivity contribution in [2.75, 3.05) is 9.80 Å². The summed E-state index contributed by atoms with van der Waals surface area (Å²) >= 11 is 0. The molecule has 1 aliphatic heterocycles. The Balaban J connectivity index is 0.00000518. The molecule has 64 heavy (non-hydrogen) atoms. The van der Waals surface area contributed by atoms with E-state index in [1.807, 2.05) is 6.20 Å². The number of benzene rings is 7. The van der Waals surface area contributed by atoms with E-state index in [9.17, 15) is 0 Å². The summed E-state index contributed by atoms with van der Waals surface area (Å²) in [5, 5.41) is 2.34. The van der Waals surface area contributed by atoms with Crippen molar-refractivity contribution < 1.29 is 21.1 Å². The Morgan fingerprint density at radius 3 is 1.78 bits per heavy atom. The second kappa shape index (κ2) is 16.7. The molecule has 0 fully saturated rings. The van der Waals surface area contributed by atoms with Crippen LogP contribution in [0.15, 0.2) is 176 Å². The minimum atomic E-state index is -0.403. The van der Waals surface area contributed by atoms with Gasteiger partial charge in [0.2, 0.25) is 0 Å². The van der Waals surface area contributed by atoms with E-state index in [0.29, 0.717) is 6.42 Å². The molecule has 3 heterocycles. The maximum absolute atomic E-state index is 5.08. The molecule has 0 atom stereocenters. The number of para-hydroxylation sites is 4. The van der Waals surface area contributed by atoms with E-state index in [4.69, 9.17) is 4.98 Å². The first kappa shape index (κ1) is 43.0. The quantitative estimate of drug-likeness (QED) is 0.142. The van der Waals surface area contributed by atoms with Gasteiger partial charge in [0.05, 0.1) is 0 Å². The third kappa shape index (κ3) is 7.66. The van der Waals surface area contributed by atoms with Gasteiger partial charge in [0.25, 0.3) is 0 Å². The molecule has 9 aromatic rings. The molecular formula is C59H53N4Pt-3. The van der Waals surface area contributed by atoms with Crippen molar-refractivity contribution in [3.8, 4) is 5.82 Å². The molecule has 0 bridgehead atoms. The Morgan fingerprint density at radius 1 is 0.500 bits per heavy atom. The van der Waals surface area contributed by atoms with Crippen LogP contribution in [0.5, 0.6) is 0 Å². The summed E-state index contributed by atoms with van der Waals surface area (Å²) in [5.41, 5.74) is 14.5. The molecule has 7 aromatic carbocycles. The van der Waals surface area contributed by atoms with Crippen molar-refractivity contribution in [2.45, 2.75) is 71.1 Å². The van der Waals surface area contributed by atoms with Crippen LogP contribution in [0.2, 0.25) is 0 Å². The Hall–Kier alpha value is -6.22. The normalized spacial score (nSPS) is 13.0. The van der Waals surface area contributed by atoms with E-state index < -0.39 is 5.41 Å². The summed E-state index contributed by atoms with van der Waals surface area (Å²) in [7, 11) is 0. The fourth-order valence-corrected chi connectivity index (χ4v) is 9.46. The van der Waals surface area contributed by atoms with Gasteiger partial charge in [-0.2, -0.15) is 47.0 Å². The zero-order chi connectivity index (χ0) is 43.5. The van der Waals surface area contributed by atoms with Crippen molar-refractivity contribution >= 4 is 44.6 Å². The molecule has 5 heteroatoms. The maximum atomic E-state index is 5.08. The second-order valence-electron chi connectivity index (χ2n) is 19.2. The number of hydrogen-bond acceptors (Lipinski definition) is 3. The van der Waals surface area contributed by atoms with Crippen molar-refractivity contribution in [3.05, 3.63) is 234 Å². The van der Waals surface area contributed by atoms with Crippen LogP contribution in [0.25, 0.3) is 27.6 Å². The predicted octanol–water partition coefficient (Wildman–Crippen LogP) is 14.7. The first-order chi connectivity index (χ1) is 30.4. The van der Waals surface area contributed by atoms with Crippen LogP contribution in [0.3, 0.4) is 0 Å². The van der Waals surface area contributed by atoms with Crippen LogP contribution in [0.1, 0.15) is 87.4 Å². The zero-order valence-electron chi connectivity index (χ0n) is 37.6. The summed E-state index contributed by atoms with van der Waals surface area (Å²) in [6.45, 7) is 18.3. The van der Waals surface area contributed by atoms with Crippen molar-refractivity contribution in [2.24, 2.45) is 0 Å². The number of pyridine rings is 1. The first-order valence-electron chi connectivity index (χ1n) is 22.1. The molecule has 0 amide bonds. The fourth-order valence-electron chi connectivity index (χ4n) is 9.46. The number of anilines is 4.